The van der Waals surface area contributed by atoms with Gasteiger partial charge in [-0.15, -0.1) is 11.3 Å². The van der Waals surface area contributed by atoms with Gasteiger partial charge in [0, 0.05) is 0 Å². The van der Waals surface area contributed by atoms with Gasteiger partial charge in [0.15, 0.2) is 5.76 Å². The van der Waals surface area contributed by atoms with Gasteiger partial charge in [-0.3, -0.25) is 4.79 Å². The molecule has 0 radical (unpaired) electrons. The highest BCUT2D eigenvalue weighted by atomic mass is 32.2. The van der Waals surface area contributed by atoms with Gasteiger partial charge in [-0.1, -0.05) is 0 Å². The van der Waals surface area contributed by atoms with Gasteiger partial charge in [0.2, 0.25) is 0 Å². The summed E-state index contributed by atoms with van der Waals surface area (Å²) in [5.41, 5.74) is 0.625. The molecule has 2 rings (SSSR count). The van der Waals surface area contributed by atoms with Crippen molar-refractivity contribution in [2.45, 2.75) is 12.7 Å². The van der Waals surface area contributed by atoms with Crippen LogP contribution in [-0.2, 0) is 5.75 Å². The first-order valence-electron chi connectivity index (χ1n) is 5.74. The summed E-state index contributed by atoms with van der Waals surface area (Å²) in [6, 6.07) is 5.00. The Labute approximate surface area is 124 Å². The lowest BCUT2D eigenvalue weighted by molar-refractivity contribution is 0.0701. The van der Waals surface area contributed by atoms with E-state index in [2.05, 4.69) is 5.32 Å². The van der Waals surface area contributed by atoms with Crippen LogP contribution in [0.4, 0.5) is 5.00 Å². The van der Waals surface area contributed by atoms with E-state index in [1.165, 1.54) is 0 Å². The second kappa shape index (κ2) is 6.15. The molecule has 5 nitrogen and oxygen atoms in total. The molecule has 1 amide bonds. The van der Waals surface area contributed by atoms with E-state index in [0.717, 1.165) is 17.1 Å². The van der Waals surface area contributed by atoms with Crippen LogP contribution >= 0.6 is 23.1 Å². The third kappa shape index (κ3) is 3.23. The van der Waals surface area contributed by atoms with E-state index in [1.807, 2.05) is 6.26 Å². The number of carboxylic acid groups (broad SMARTS) is 1. The van der Waals surface area contributed by atoms with Crippen molar-refractivity contribution in [2.75, 3.05) is 11.6 Å². The summed E-state index contributed by atoms with van der Waals surface area (Å²) in [5, 5.41) is 12.1. The summed E-state index contributed by atoms with van der Waals surface area (Å²) in [6.07, 6.45) is 1.95. The van der Waals surface area contributed by atoms with Gasteiger partial charge in [0.05, 0.1) is 10.8 Å². The fraction of sp³-hybridized carbons (Fsp3) is 0.231. The van der Waals surface area contributed by atoms with E-state index in [-0.39, 0.29) is 16.5 Å². The molecule has 2 N–H and O–H groups in total. The maximum Gasteiger partial charge on any atom is 0.346 e. The second-order valence-electron chi connectivity index (χ2n) is 4.08. The number of hydrogen-bond donors (Lipinski definition) is 2. The van der Waals surface area contributed by atoms with Gasteiger partial charge in [0.1, 0.15) is 10.6 Å². The second-order valence-corrected chi connectivity index (χ2v) is 6.00. The SMILES string of the molecule is CSCc1ccc(C(=O)Nc2cc(C)c(C(=O)O)s2)o1. The Balaban J connectivity index is 2.10. The molecule has 106 valence electrons. The summed E-state index contributed by atoms with van der Waals surface area (Å²) in [4.78, 5) is 23.1. The third-order valence-corrected chi connectivity index (χ3v) is 4.23. The number of hydrogen-bond acceptors (Lipinski definition) is 5. The fourth-order valence-corrected chi connectivity index (χ4v) is 3.00. The quantitative estimate of drug-likeness (QED) is 0.884. The Morgan fingerprint density at radius 2 is 2.20 bits per heavy atom. The number of carbonyl (C=O) groups is 2. The predicted octanol–water partition coefficient (Wildman–Crippen LogP) is 3.46. The molecule has 2 aromatic rings. The topological polar surface area (TPSA) is 79.5 Å². The molecule has 0 atom stereocenters. The van der Waals surface area contributed by atoms with Crippen molar-refractivity contribution in [1.29, 1.82) is 0 Å². The molecule has 0 spiro atoms. The minimum absolute atomic E-state index is 0.219. The Kier molecular flexibility index (Phi) is 4.51. The molecule has 0 bridgehead atoms. The minimum atomic E-state index is -0.992. The normalized spacial score (nSPS) is 10.5. The molecule has 20 heavy (non-hydrogen) atoms. The van der Waals surface area contributed by atoms with Crippen molar-refractivity contribution in [1.82, 2.24) is 0 Å². The molecule has 0 unspecified atom stereocenters. The molecule has 0 aliphatic carbocycles. The summed E-state index contributed by atoms with van der Waals surface area (Å²) in [6.45, 7) is 1.69. The summed E-state index contributed by atoms with van der Waals surface area (Å²) in [5.74, 6) is 0.283. The number of amides is 1. The van der Waals surface area contributed by atoms with Gasteiger partial charge in [-0.25, -0.2) is 4.79 Å². The standard InChI is InChI=1S/C13H13NO4S2/c1-7-5-10(20-11(7)13(16)17)14-12(15)9-4-3-8(18-9)6-19-2/h3-5H,6H2,1-2H3,(H,14,15)(H,16,17). The van der Waals surface area contributed by atoms with Gasteiger partial charge in [-0.2, -0.15) is 11.8 Å². The Bertz CT molecular complexity index is 645. The number of thioether (sulfide) groups is 1. The zero-order chi connectivity index (χ0) is 14.7. The molecule has 7 heteroatoms. The van der Waals surface area contributed by atoms with Gasteiger partial charge in [0.25, 0.3) is 5.91 Å². The number of carbonyl (C=O) groups excluding carboxylic acids is 1. The number of anilines is 1. The van der Waals surface area contributed by atoms with Crippen LogP contribution in [0.25, 0.3) is 0 Å². The lowest BCUT2D eigenvalue weighted by Crippen LogP contribution is -2.09. The molecule has 0 aliphatic heterocycles. The van der Waals surface area contributed by atoms with Crippen molar-refractivity contribution >= 4 is 40.0 Å². The smallest absolute Gasteiger partial charge is 0.346 e. The molecular weight excluding hydrogens is 298 g/mol. The number of nitrogens with one attached hydrogen (secondary N) is 1. The van der Waals surface area contributed by atoms with Crippen molar-refractivity contribution in [2.24, 2.45) is 0 Å². The monoisotopic (exact) mass is 311 g/mol. The zero-order valence-electron chi connectivity index (χ0n) is 10.9. The minimum Gasteiger partial charge on any atom is -0.477 e. The fourth-order valence-electron chi connectivity index (χ4n) is 1.65. The van der Waals surface area contributed by atoms with E-state index in [0.29, 0.717) is 16.3 Å². The van der Waals surface area contributed by atoms with Crippen LogP contribution in [0.1, 0.15) is 31.6 Å². The highest BCUT2D eigenvalue weighted by Gasteiger charge is 2.16. The molecule has 2 aromatic heterocycles. The lowest BCUT2D eigenvalue weighted by atomic mass is 10.3. The Morgan fingerprint density at radius 3 is 2.80 bits per heavy atom. The van der Waals surface area contributed by atoms with E-state index in [1.54, 1.807) is 36.9 Å². The van der Waals surface area contributed by atoms with Gasteiger partial charge >= 0.3 is 5.97 Å². The largest absolute Gasteiger partial charge is 0.477 e. The highest BCUT2D eigenvalue weighted by molar-refractivity contribution is 7.97. The number of aryl methyl sites for hydroxylation is 1. The van der Waals surface area contributed by atoms with Crippen LogP contribution in [0.15, 0.2) is 22.6 Å². The summed E-state index contributed by atoms with van der Waals surface area (Å²) >= 11 is 2.63. The van der Waals surface area contributed by atoms with Crippen molar-refractivity contribution in [3.8, 4) is 0 Å². The maximum atomic E-state index is 12.0. The molecule has 0 saturated heterocycles. The van der Waals surface area contributed by atoms with E-state index < -0.39 is 5.97 Å². The van der Waals surface area contributed by atoms with Gasteiger partial charge in [-0.05, 0) is 36.9 Å². The number of thiophene rings is 1. The van der Waals surface area contributed by atoms with Crippen molar-refractivity contribution in [3.05, 3.63) is 40.2 Å². The maximum absolute atomic E-state index is 12.0. The van der Waals surface area contributed by atoms with Crippen molar-refractivity contribution < 1.29 is 19.1 Å². The number of carboxylic acids is 1. The van der Waals surface area contributed by atoms with Crippen LogP contribution in [0, 0.1) is 6.92 Å². The predicted molar refractivity (Wildman–Crippen MR) is 79.9 cm³/mol. The molecule has 0 fully saturated rings. The number of furan rings is 1. The number of rotatable bonds is 5. The average molecular weight is 311 g/mol. The summed E-state index contributed by atoms with van der Waals surface area (Å²) < 4.78 is 5.40. The van der Waals surface area contributed by atoms with E-state index in [4.69, 9.17) is 9.52 Å². The number of aromatic carboxylic acids is 1. The van der Waals surface area contributed by atoms with Crippen LogP contribution in [0.5, 0.6) is 0 Å². The van der Waals surface area contributed by atoms with E-state index >= 15 is 0 Å². The molecule has 0 aliphatic rings. The van der Waals surface area contributed by atoms with Crippen LogP contribution < -0.4 is 5.32 Å². The Hall–Kier alpha value is -1.73. The van der Waals surface area contributed by atoms with Gasteiger partial charge < -0.3 is 14.8 Å². The lowest BCUT2D eigenvalue weighted by Gasteiger charge is -1.98. The highest BCUT2D eigenvalue weighted by Crippen LogP contribution is 2.27. The molecular formula is C13H13NO4S2. The molecule has 0 saturated carbocycles. The van der Waals surface area contributed by atoms with Crippen LogP contribution in [0.2, 0.25) is 0 Å². The Morgan fingerprint density at radius 1 is 1.45 bits per heavy atom. The summed E-state index contributed by atoms with van der Waals surface area (Å²) in [7, 11) is 0. The third-order valence-electron chi connectivity index (χ3n) is 2.52. The first kappa shape index (κ1) is 14.7. The molecule has 0 aromatic carbocycles. The first-order valence-corrected chi connectivity index (χ1v) is 7.95. The van der Waals surface area contributed by atoms with E-state index in [9.17, 15) is 9.59 Å². The zero-order valence-corrected chi connectivity index (χ0v) is 12.6. The first-order chi connectivity index (χ1) is 9.51. The van der Waals surface area contributed by atoms with Crippen LogP contribution in [0.3, 0.4) is 0 Å². The van der Waals surface area contributed by atoms with Crippen LogP contribution in [-0.4, -0.2) is 23.2 Å². The van der Waals surface area contributed by atoms with Crippen molar-refractivity contribution in [3.63, 3.8) is 0 Å². The molecule has 2 heterocycles. The average Bonchev–Trinajstić information content (AvgIpc) is 2.97.